The monoisotopic (exact) mass is 272 g/mol. The average molecular weight is 272 g/mol. The molecule has 98 valence electrons. The van der Waals surface area contributed by atoms with E-state index in [9.17, 15) is 0 Å². The highest BCUT2D eigenvalue weighted by molar-refractivity contribution is 7.16. The molecule has 4 nitrogen and oxygen atoms in total. The fourth-order valence-corrected chi connectivity index (χ4v) is 5.43. The quantitative estimate of drug-likeness (QED) is 0.882. The Morgan fingerprint density at radius 1 is 1.21 bits per heavy atom. The molecule has 2 heterocycles. The van der Waals surface area contributed by atoms with Crippen LogP contribution in [0.4, 0.5) is 11.8 Å². The van der Waals surface area contributed by atoms with Crippen molar-refractivity contribution in [1.82, 2.24) is 9.97 Å². The number of nitrogen functional groups attached to an aromatic ring is 1. The minimum Gasteiger partial charge on any atom is -0.368 e. The maximum absolute atomic E-state index is 5.81. The molecule has 19 heavy (non-hydrogen) atoms. The minimum atomic E-state index is 0.381. The molecule has 3 saturated carbocycles. The van der Waals surface area contributed by atoms with Crippen LogP contribution in [0.15, 0.2) is 11.4 Å². The van der Waals surface area contributed by atoms with Crippen LogP contribution < -0.4 is 11.1 Å². The van der Waals surface area contributed by atoms with E-state index < -0.39 is 0 Å². The standard InChI is InChI=1S/C14H16N4S/c15-14-17-12(8-3-4-19-13(8)18-14)16-11-9-6-1-2-7(5-6)10(9)11/h3-4,6-7,9-11H,1-2,5H2,(H3,15,16,17,18). The Morgan fingerprint density at radius 2 is 2.00 bits per heavy atom. The predicted molar refractivity (Wildman–Crippen MR) is 77.0 cm³/mol. The lowest BCUT2D eigenvalue weighted by molar-refractivity contribution is 0.456. The van der Waals surface area contributed by atoms with Crippen LogP contribution >= 0.6 is 11.3 Å². The molecule has 0 spiro atoms. The van der Waals surface area contributed by atoms with Gasteiger partial charge in [-0.25, -0.2) is 4.98 Å². The number of aromatic nitrogens is 2. The molecule has 3 fully saturated rings. The number of hydrogen-bond donors (Lipinski definition) is 2. The van der Waals surface area contributed by atoms with E-state index in [1.165, 1.54) is 19.3 Å². The Bertz CT molecular complexity index is 651. The number of rotatable bonds is 2. The van der Waals surface area contributed by atoms with Gasteiger partial charge in [0.05, 0.1) is 5.39 Å². The van der Waals surface area contributed by atoms with E-state index in [-0.39, 0.29) is 0 Å². The lowest BCUT2D eigenvalue weighted by Gasteiger charge is -2.12. The van der Waals surface area contributed by atoms with Crippen LogP contribution in [-0.4, -0.2) is 16.0 Å². The van der Waals surface area contributed by atoms with Crippen molar-refractivity contribution in [2.75, 3.05) is 11.1 Å². The summed E-state index contributed by atoms with van der Waals surface area (Å²) in [6.07, 6.45) is 4.38. The summed E-state index contributed by atoms with van der Waals surface area (Å²) in [5.74, 6) is 5.09. The van der Waals surface area contributed by atoms with Crippen LogP contribution in [-0.2, 0) is 0 Å². The number of fused-ring (bicyclic) bond motifs is 6. The molecule has 0 radical (unpaired) electrons. The molecule has 0 aromatic carbocycles. The van der Waals surface area contributed by atoms with Crippen LogP contribution in [0.1, 0.15) is 19.3 Å². The van der Waals surface area contributed by atoms with Crippen molar-refractivity contribution in [3.8, 4) is 0 Å². The maximum atomic E-state index is 5.81. The summed E-state index contributed by atoms with van der Waals surface area (Å²) < 4.78 is 0. The van der Waals surface area contributed by atoms with Gasteiger partial charge >= 0.3 is 0 Å². The SMILES string of the molecule is Nc1nc(NC2C3C4CCC(C4)C23)c2ccsc2n1. The maximum Gasteiger partial charge on any atom is 0.223 e. The Hall–Kier alpha value is -1.36. The molecule has 2 bridgehead atoms. The summed E-state index contributed by atoms with van der Waals surface area (Å²) in [6, 6.07) is 2.73. The smallest absolute Gasteiger partial charge is 0.223 e. The number of nitrogens with zero attached hydrogens (tertiary/aromatic N) is 2. The topological polar surface area (TPSA) is 63.8 Å². The molecule has 5 heteroatoms. The minimum absolute atomic E-state index is 0.381. The van der Waals surface area contributed by atoms with Gasteiger partial charge in [0.1, 0.15) is 10.6 Å². The first-order valence-electron chi connectivity index (χ1n) is 7.08. The lowest BCUT2D eigenvalue weighted by atomic mass is 10.0. The number of nitrogens with one attached hydrogen (secondary N) is 1. The van der Waals surface area contributed by atoms with E-state index in [1.807, 2.05) is 0 Å². The summed E-state index contributed by atoms with van der Waals surface area (Å²) >= 11 is 1.63. The van der Waals surface area contributed by atoms with Gasteiger partial charge in [0.15, 0.2) is 0 Å². The fourth-order valence-electron chi connectivity index (χ4n) is 4.66. The normalized spacial score (nSPS) is 38.6. The van der Waals surface area contributed by atoms with Gasteiger partial charge in [-0.2, -0.15) is 4.98 Å². The molecule has 0 amide bonds. The molecule has 2 aromatic rings. The Labute approximate surface area is 115 Å². The highest BCUT2D eigenvalue weighted by Gasteiger charge is 2.65. The molecule has 3 aliphatic carbocycles. The van der Waals surface area contributed by atoms with E-state index in [2.05, 4.69) is 26.7 Å². The zero-order chi connectivity index (χ0) is 12.6. The van der Waals surface area contributed by atoms with Gasteiger partial charge < -0.3 is 11.1 Å². The third-order valence-corrected chi connectivity index (χ3v) is 6.19. The number of thiophene rings is 1. The highest BCUT2D eigenvalue weighted by Crippen LogP contribution is 2.66. The summed E-state index contributed by atoms with van der Waals surface area (Å²) in [5, 5.41) is 6.84. The summed E-state index contributed by atoms with van der Waals surface area (Å²) in [4.78, 5) is 9.69. The van der Waals surface area contributed by atoms with Crippen LogP contribution in [0.25, 0.3) is 10.2 Å². The summed E-state index contributed by atoms with van der Waals surface area (Å²) in [7, 11) is 0. The molecule has 5 rings (SSSR count). The molecule has 4 atom stereocenters. The number of anilines is 2. The molecular weight excluding hydrogens is 256 g/mol. The Balaban J connectivity index is 1.49. The van der Waals surface area contributed by atoms with Gasteiger partial charge in [-0.15, -0.1) is 11.3 Å². The second-order valence-electron chi connectivity index (χ2n) is 6.23. The third-order valence-electron chi connectivity index (χ3n) is 5.38. The van der Waals surface area contributed by atoms with E-state index in [0.29, 0.717) is 12.0 Å². The van der Waals surface area contributed by atoms with Gasteiger partial charge in [-0.05, 0) is 54.4 Å². The van der Waals surface area contributed by atoms with Crippen LogP contribution in [0.2, 0.25) is 0 Å². The van der Waals surface area contributed by atoms with E-state index in [1.54, 1.807) is 11.3 Å². The van der Waals surface area contributed by atoms with Crippen LogP contribution in [0.3, 0.4) is 0 Å². The lowest BCUT2D eigenvalue weighted by Crippen LogP contribution is -2.14. The van der Waals surface area contributed by atoms with E-state index in [4.69, 9.17) is 5.73 Å². The van der Waals surface area contributed by atoms with Crippen molar-refractivity contribution in [3.63, 3.8) is 0 Å². The Morgan fingerprint density at radius 3 is 2.79 bits per heavy atom. The third kappa shape index (κ3) is 1.34. The van der Waals surface area contributed by atoms with E-state index in [0.717, 1.165) is 39.7 Å². The molecular formula is C14H16N4S. The summed E-state index contributed by atoms with van der Waals surface area (Å²) in [6.45, 7) is 0. The van der Waals surface area contributed by atoms with Crippen molar-refractivity contribution >= 4 is 33.3 Å². The molecule has 3 aliphatic rings. The average Bonchev–Trinajstić information content (AvgIpc) is 2.81. The first kappa shape index (κ1) is 10.4. The predicted octanol–water partition coefficient (Wildman–Crippen LogP) is 2.73. The first-order chi connectivity index (χ1) is 9.31. The van der Waals surface area contributed by atoms with Gasteiger partial charge in [0.2, 0.25) is 5.95 Å². The molecule has 3 N–H and O–H groups in total. The highest BCUT2D eigenvalue weighted by atomic mass is 32.1. The second-order valence-corrected chi connectivity index (χ2v) is 7.12. The Kier molecular flexibility index (Phi) is 1.86. The van der Waals surface area contributed by atoms with Crippen LogP contribution in [0.5, 0.6) is 0 Å². The van der Waals surface area contributed by atoms with Gasteiger partial charge in [-0.1, -0.05) is 0 Å². The van der Waals surface area contributed by atoms with E-state index >= 15 is 0 Å². The van der Waals surface area contributed by atoms with Crippen molar-refractivity contribution < 1.29 is 0 Å². The van der Waals surface area contributed by atoms with Crippen LogP contribution in [0, 0.1) is 23.7 Å². The first-order valence-corrected chi connectivity index (χ1v) is 7.96. The van der Waals surface area contributed by atoms with Crippen molar-refractivity contribution in [2.45, 2.75) is 25.3 Å². The largest absolute Gasteiger partial charge is 0.368 e. The van der Waals surface area contributed by atoms with Gasteiger partial charge in [-0.3, -0.25) is 0 Å². The molecule has 0 saturated heterocycles. The second kappa shape index (κ2) is 3.39. The van der Waals surface area contributed by atoms with Crippen molar-refractivity contribution in [1.29, 1.82) is 0 Å². The zero-order valence-electron chi connectivity index (χ0n) is 10.5. The van der Waals surface area contributed by atoms with Crippen molar-refractivity contribution in [2.24, 2.45) is 23.7 Å². The van der Waals surface area contributed by atoms with Crippen molar-refractivity contribution in [3.05, 3.63) is 11.4 Å². The summed E-state index contributed by atoms with van der Waals surface area (Å²) in [5.41, 5.74) is 5.81. The molecule has 0 aliphatic heterocycles. The number of hydrogen-bond acceptors (Lipinski definition) is 5. The fraction of sp³-hybridized carbons (Fsp3) is 0.571. The van der Waals surface area contributed by atoms with Gasteiger partial charge in [0.25, 0.3) is 0 Å². The molecule has 2 aromatic heterocycles. The molecule has 4 unspecified atom stereocenters. The van der Waals surface area contributed by atoms with Gasteiger partial charge in [0, 0.05) is 6.04 Å². The number of nitrogens with two attached hydrogens (primary N) is 1. The zero-order valence-corrected chi connectivity index (χ0v) is 11.4.